The minimum atomic E-state index is -0.919. The van der Waals surface area contributed by atoms with Gasteiger partial charge in [0.25, 0.3) is 5.09 Å². The lowest BCUT2D eigenvalue weighted by atomic mass is 10.1. The molecule has 10 heteroatoms. The molecule has 0 aliphatic carbocycles. The first-order chi connectivity index (χ1) is 13.1. The predicted molar refractivity (Wildman–Crippen MR) is 102 cm³/mol. The van der Waals surface area contributed by atoms with Crippen molar-refractivity contribution in [2.75, 3.05) is 26.8 Å². The highest BCUT2D eigenvalue weighted by atomic mass is 17.0. The first kappa shape index (κ1) is 23.4. The number of carbonyl (C=O) groups excluding carboxylic acids is 1. The number of rotatable bonds is 13. The van der Waals surface area contributed by atoms with Crippen LogP contribution in [0.15, 0.2) is 24.3 Å². The second-order valence-electron chi connectivity index (χ2n) is 7.00. The molecule has 2 unspecified atom stereocenters. The van der Waals surface area contributed by atoms with Crippen LogP contribution in [-0.4, -0.2) is 60.7 Å². The van der Waals surface area contributed by atoms with Gasteiger partial charge in [-0.15, -0.1) is 10.1 Å². The number of amides is 1. The van der Waals surface area contributed by atoms with Gasteiger partial charge >= 0.3 is 0 Å². The van der Waals surface area contributed by atoms with Crippen LogP contribution < -0.4 is 20.1 Å². The molecule has 0 aliphatic heterocycles. The fourth-order valence-corrected chi connectivity index (χ4v) is 2.28. The lowest BCUT2D eigenvalue weighted by molar-refractivity contribution is -0.767. The molecule has 158 valence electrons. The van der Waals surface area contributed by atoms with Gasteiger partial charge in [0, 0.05) is 18.6 Å². The summed E-state index contributed by atoms with van der Waals surface area (Å²) in [5.74, 6) is 0.770. The van der Waals surface area contributed by atoms with E-state index in [-0.39, 0.29) is 32.0 Å². The van der Waals surface area contributed by atoms with E-state index in [4.69, 9.17) is 9.47 Å². The largest absolute Gasteiger partial charge is 0.493 e. The summed E-state index contributed by atoms with van der Waals surface area (Å²) in [4.78, 5) is 26.4. The maximum atomic E-state index is 11.8. The Bertz CT molecular complexity index is 639. The monoisotopic (exact) mass is 399 g/mol. The molecule has 0 aromatic heterocycles. The Morgan fingerprint density at radius 3 is 2.57 bits per heavy atom. The first-order valence-electron chi connectivity index (χ1n) is 8.89. The van der Waals surface area contributed by atoms with Crippen LogP contribution in [0, 0.1) is 10.1 Å². The van der Waals surface area contributed by atoms with Crippen LogP contribution in [-0.2, 0) is 9.63 Å². The Labute approximate surface area is 164 Å². The van der Waals surface area contributed by atoms with Gasteiger partial charge in [0.2, 0.25) is 5.91 Å². The van der Waals surface area contributed by atoms with E-state index in [0.29, 0.717) is 11.5 Å². The molecule has 0 bridgehead atoms. The quantitative estimate of drug-likeness (QED) is 0.329. The van der Waals surface area contributed by atoms with E-state index in [1.54, 1.807) is 19.2 Å². The van der Waals surface area contributed by atoms with Gasteiger partial charge in [0.05, 0.1) is 13.5 Å². The maximum Gasteiger partial charge on any atom is 0.294 e. The Morgan fingerprint density at radius 2 is 1.96 bits per heavy atom. The van der Waals surface area contributed by atoms with Gasteiger partial charge in [-0.3, -0.25) is 4.79 Å². The van der Waals surface area contributed by atoms with Crippen LogP contribution in [0.2, 0.25) is 0 Å². The maximum absolute atomic E-state index is 11.8. The van der Waals surface area contributed by atoms with Crippen molar-refractivity contribution in [1.29, 1.82) is 0 Å². The molecular weight excluding hydrogens is 370 g/mol. The fraction of sp³-hybridized carbons (Fsp3) is 0.611. The van der Waals surface area contributed by atoms with E-state index in [1.165, 1.54) is 6.92 Å². The fourth-order valence-electron chi connectivity index (χ4n) is 2.28. The second kappa shape index (κ2) is 11.3. The smallest absolute Gasteiger partial charge is 0.294 e. The molecule has 3 N–H and O–H groups in total. The van der Waals surface area contributed by atoms with Crippen LogP contribution >= 0.6 is 0 Å². The lowest BCUT2D eigenvalue weighted by Gasteiger charge is -2.28. The van der Waals surface area contributed by atoms with E-state index >= 15 is 0 Å². The van der Waals surface area contributed by atoms with Crippen molar-refractivity contribution in [3.63, 3.8) is 0 Å². The topological polar surface area (TPSA) is 132 Å². The molecule has 0 radical (unpaired) electrons. The minimum absolute atomic E-state index is 0.0750. The predicted octanol–water partition coefficient (Wildman–Crippen LogP) is 0.906. The molecule has 0 aliphatic rings. The summed E-state index contributed by atoms with van der Waals surface area (Å²) in [6.45, 7) is 5.77. The van der Waals surface area contributed by atoms with Crippen LogP contribution in [0.25, 0.3) is 0 Å². The van der Waals surface area contributed by atoms with Crippen molar-refractivity contribution < 1.29 is 29.3 Å². The highest BCUT2D eigenvalue weighted by molar-refractivity contribution is 5.76. The SMILES string of the molecule is COc1ccccc1OCC(O)CNC(C)(C)CNC(=O)CC(C)O[N+](=O)[O-]. The van der Waals surface area contributed by atoms with Crippen molar-refractivity contribution >= 4 is 5.91 Å². The zero-order valence-corrected chi connectivity index (χ0v) is 16.6. The van der Waals surface area contributed by atoms with E-state index in [1.807, 2.05) is 26.0 Å². The number of benzene rings is 1. The standard InChI is InChI=1S/C18H29N3O7/c1-13(28-21(24)25)9-17(23)19-12-18(2,3)20-10-14(22)11-27-16-8-6-5-7-15(16)26-4/h5-8,13-14,20,22H,9-12H2,1-4H3,(H,19,23). The number of para-hydroxylation sites is 2. The number of hydrogen-bond donors (Lipinski definition) is 3. The number of nitrogens with one attached hydrogen (secondary N) is 2. The molecule has 1 rings (SSSR count). The highest BCUT2D eigenvalue weighted by Crippen LogP contribution is 2.25. The molecule has 0 saturated heterocycles. The number of ether oxygens (including phenoxy) is 2. The van der Waals surface area contributed by atoms with E-state index in [9.17, 15) is 20.0 Å². The highest BCUT2D eigenvalue weighted by Gasteiger charge is 2.21. The van der Waals surface area contributed by atoms with Gasteiger partial charge < -0.3 is 30.1 Å². The molecule has 0 spiro atoms. The number of β-amino-alcohol motifs (C(OH)–C–C–N with tert-alkyl or cyclic N) is 1. The van der Waals surface area contributed by atoms with Crippen molar-refractivity contribution in [2.45, 2.75) is 44.9 Å². The number of nitrogens with zero attached hydrogens (tertiary/aromatic N) is 1. The summed E-state index contributed by atoms with van der Waals surface area (Å²) < 4.78 is 10.8. The third kappa shape index (κ3) is 9.38. The number of hydrogen-bond acceptors (Lipinski definition) is 8. The number of carbonyl (C=O) groups is 1. The molecule has 10 nitrogen and oxygen atoms in total. The Balaban J connectivity index is 2.33. The van der Waals surface area contributed by atoms with Crippen LogP contribution in [0.5, 0.6) is 11.5 Å². The lowest BCUT2D eigenvalue weighted by Crippen LogP contribution is -2.52. The van der Waals surface area contributed by atoms with Gasteiger partial charge in [-0.05, 0) is 32.9 Å². The molecular formula is C18H29N3O7. The molecule has 1 aromatic carbocycles. The zero-order chi connectivity index (χ0) is 21.2. The summed E-state index contributed by atoms with van der Waals surface area (Å²) in [6, 6.07) is 7.15. The summed E-state index contributed by atoms with van der Waals surface area (Å²) in [5.41, 5.74) is -0.506. The van der Waals surface area contributed by atoms with Gasteiger partial charge in [-0.25, -0.2) is 0 Å². The Kier molecular flexibility index (Phi) is 9.46. The Morgan fingerprint density at radius 1 is 1.32 bits per heavy atom. The van der Waals surface area contributed by atoms with Crippen LogP contribution in [0.4, 0.5) is 0 Å². The van der Waals surface area contributed by atoms with E-state index in [0.717, 1.165) is 0 Å². The summed E-state index contributed by atoms with van der Waals surface area (Å²) >= 11 is 0. The van der Waals surface area contributed by atoms with Crippen LogP contribution in [0.3, 0.4) is 0 Å². The van der Waals surface area contributed by atoms with Crippen LogP contribution in [0.1, 0.15) is 27.2 Å². The molecule has 0 saturated carbocycles. The molecule has 1 amide bonds. The molecule has 1 aromatic rings. The zero-order valence-electron chi connectivity index (χ0n) is 16.6. The summed E-state index contributed by atoms with van der Waals surface area (Å²) in [6.07, 6.45) is -1.71. The number of methoxy groups -OCH3 is 1. The molecule has 2 atom stereocenters. The second-order valence-corrected chi connectivity index (χ2v) is 7.00. The minimum Gasteiger partial charge on any atom is -0.493 e. The first-order valence-corrected chi connectivity index (χ1v) is 8.89. The summed E-state index contributed by atoms with van der Waals surface area (Å²) in [5, 5.41) is 25.3. The molecule has 0 fully saturated rings. The van der Waals surface area contributed by atoms with Crippen molar-refractivity contribution in [2.24, 2.45) is 0 Å². The third-order valence-corrected chi connectivity index (χ3v) is 3.78. The van der Waals surface area contributed by atoms with Crippen molar-refractivity contribution in [3.8, 4) is 11.5 Å². The Hall–Kier alpha value is -2.59. The van der Waals surface area contributed by atoms with E-state index in [2.05, 4.69) is 15.5 Å². The average Bonchev–Trinajstić information content (AvgIpc) is 2.62. The normalized spacial score (nSPS) is 13.3. The van der Waals surface area contributed by atoms with Gasteiger partial charge in [0.1, 0.15) is 18.8 Å². The van der Waals surface area contributed by atoms with Crippen molar-refractivity contribution in [1.82, 2.24) is 10.6 Å². The molecule has 28 heavy (non-hydrogen) atoms. The number of aliphatic hydroxyl groups is 1. The van der Waals surface area contributed by atoms with Crippen molar-refractivity contribution in [3.05, 3.63) is 34.4 Å². The van der Waals surface area contributed by atoms with E-state index < -0.39 is 22.8 Å². The van der Waals surface area contributed by atoms with Gasteiger partial charge in [-0.1, -0.05) is 12.1 Å². The number of aliphatic hydroxyl groups excluding tert-OH is 1. The average molecular weight is 399 g/mol. The molecule has 0 heterocycles. The third-order valence-electron chi connectivity index (χ3n) is 3.78. The van der Waals surface area contributed by atoms with Gasteiger partial charge in [0.15, 0.2) is 11.5 Å². The summed E-state index contributed by atoms with van der Waals surface area (Å²) in [7, 11) is 1.54. The van der Waals surface area contributed by atoms with Gasteiger partial charge in [-0.2, -0.15) is 0 Å².